The number of amides is 1. The minimum absolute atomic E-state index is 0.233. The topological polar surface area (TPSA) is 90.7 Å². The van der Waals surface area contributed by atoms with Crippen molar-refractivity contribution in [2.75, 3.05) is 25.6 Å². The summed E-state index contributed by atoms with van der Waals surface area (Å²) >= 11 is 3.29. The monoisotopic (exact) mass is 412 g/mol. The zero-order valence-corrected chi connectivity index (χ0v) is 14.7. The lowest BCUT2D eigenvalue weighted by molar-refractivity contribution is -0.384. The first kappa shape index (κ1) is 18.8. The molecule has 0 aliphatic heterocycles. The predicted octanol–water partition coefficient (Wildman–Crippen LogP) is 3.77. The van der Waals surface area contributed by atoms with Gasteiger partial charge in [0, 0.05) is 24.8 Å². The molecule has 1 amide bonds. The van der Waals surface area contributed by atoms with Crippen LogP contribution in [-0.2, 0) is 4.74 Å². The number of nitro benzene ring substituents is 1. The van der Waals surface area contributed by atoms with E-state index in [2.05, 4.69) is 21.2 Å². The summed E-state index contributed by atoms with van der Waals surface area (Å²) in [5, 5.41) is 13.1. The van der Waals surface area contributed by atoms with Gasteiger partial charge in [-0.3, -0.25) is 14.9 Å². The summed E-state index contributed by atoms with van der Waals surface area (Å²) in [5.74, 6) is -0.851. The van der Waals surface area contributed by atoms with Crippen molar-refractivity contribution in [3.63, 3.8) is 0 Å². The van der Waals surface area contributed by atoms with Crippen LogP contribution in [0.2, 0.25) is 0 Å². The van der Waals surface area contributed by atoms with Crippen molar-refractivity contribution in [3.05, 3.63) is 62.4 Å². The van der Waals surface area contributed by atoms with Crippen molar-refractivity contribution < 1.29 is 23.6 Å². The highest BCUT2D eigenvalue weighted by Gasteiger charge is 2.15. The minimum atomic E-state index is -0.766. The highest BCUT2D eigenvalue weighted by molar-refractivity contribution is 9.10. The van der Waals surface area contributed by atoms with Crippen molar-refractivity contribution in [2.24, 2.45) is 0 Å². The molecule has 0 spiro atoms. The maximum absolute atomic E-state index is 13.7. The maximum Gasteiger partial charge on any atom is 0.271 e. The molecule has 1 N–H and O–H groups in total. The van der Waals surface area contributed by atoms with Gasteiger partial charge in [-0.05, 0) is 40.2 Å². The number of halogens is 2. The Labute approximate surface area is 151 Å². The number of hydrogen-bond acceptors (Lipinski definition) is 5. The van der Waals surface area contributed by atoms with Crippen molar-refractivity contribution >= 4 is 33.2 Å². The molecule has 0 aromatic heterocycles. The van der Waals surface area contributed by atoms with Gasteiger partial charge in [-0.2, -0.15) is 0 Å². The van der Waals surface area contributed by atoms with Crippen LogP contribution in [0.4, 0.5) is 15.8 Å². The standard InChI is InChI=1S/C16H14BrFN2O5/c1-24-6-7-25-15-5-2-10(8-12(15)17)16(21)19-14-9-11(20(22)23)3-4-13(14)18/h2-5,8-9H,6-7H2,1H3,(H,19,21). The summed E-state index contributed by atoms with van der Waals surface area (Å²) in [4.78, 5) is 22.3. The van der Waals surface area contributed by atoms with E-state index in [4.69, 9.17) is 9.47 Å². The Kier molecular flexibility index (Phi) is 6.43. The highest BCUT2D eigenvalue weighted by atomic mass is 79.9. The Bertz CT molecular complexity index is 800. The van der Waals surface area contributed by atoms with Crippen molar-refractivity contribution in [2.45, 2.75) is 0 Å². The molecule has 9 heteroatoms. The molecule has 0 fully saturated rings. The number of nitro groups is 1. The van der Waals surface area contributed by atoms with E-state index in [0.717, 1.165) is 18.2 Å². The van der Waals surface area contributed by atoms with Gasteiger partial charge in [0.05, 0.1) is 21.7 Å². The summed E-state index contributed by atoms with van der Waals surface area (Å²) in [7, 11) is 1.55. The van der Waals surface area contributed by atoms with E-state index in [-0.39, 0.29) is 16.9 Å². The van der Waals surface area contributed by atoms with Crippen LogP contribution in [0.15, 0.2) is 40.9 Å². The molecule has 0 saturated carbocycles. The molecule has 2 aromatic carbocycles. The Balaban J connectivity index is 2.14. The van der Waals surface area contributed by atoms with Crippen LogP contribution in [0.5, 0.6) is 5.75 Å². The van der Waals surface area contributed by atoms with Gasteiger partial charge in [-0.25, -0.2) is 4.39 Å². The summed E-state index contributed by atoms with van der Waals surface area (Å²) in [6.07, 6.45) is 0. The third-order valence-electron chi connectivity index (χ3n) is 3.15. The molecule has 0 atom stereocenters. The first-order valence-corrected chi connectivity index (χ1v) is 7.88. The number of nitrogens with one attached hydrogen (secondary N) is 1. The normalized spacial score (nSPS) is 10.4. The molecule has 0 aliphatic rings. The second-order valence-corrected chi connectivity index (χ2v) is 5.72. The number of carbonyl (C=O) groups is 1. The van der Waals surface area contributed by atoms with E-state index in [1.54, 1.807) is 13.2 Å². The van der Waals surface area contributed by atoms with Crippen LogP contribution >= 0.6 is 15.9 Å². The van der Waals surface area contributed by atoms with Crippen LogP contribution in [0.25, 0.3) is 0 Å². The predicted molar refractivity (Wildman–Crippen MR) is 92.5 cm³/mol. The van der Waals surface area contributed by atoms with E-state index < -0.39 is 16.6 Å². The second-order valence-electron chi connectivity index (χ2n) is 4.86. The summed E-state index contributed by atoms with van der Waals surface area (Å²) in [6, 6.07) is 7.50. The van der Waals surface area contributed by atoms with Crippen molar-refractivity contribution in [3.8, 4) is 5.75 Å². The van der Waals surface area contributed by atoms with E-state index >= 15 is 0 Å². The third-order valence-corrected chi connectivity index (χ3v) is 3.77. The first-order chi connectivity index (χ1) is 11.9. The highest BCUT2D eigenvalue weighted by Crippen LogP contribution is 2.27. The van der Waals surface area contributed by atoms with Gasteiger partial charge in [-0.15, -0.1) is 0 Å². The number of non-ortho nitro benzene ring substituents is 1. The Morgan fingerprint density at radius 1 is 1.28 bits per heavy atom. The molecule has 0 aliphatic carbocycles. The van der Waals surface area contributed by atoms with Crippen LogP contribution in [0, 0.1) is 15.9 Å². The molecule has 7 nitrogen and oxygen atoms in total. The smallest absolute Gasteiger partial charge is 0.271 e. The lowest BCUT2D eigenvalue weighted by Crippen LogP contribution is -2.13. The molecular formula is C16H14BrFN2O5. The molecule has 2 rings (SSSR count). The molecule has 2 aromatic rings. The molecule has 25 heavy (non-hydrogen) atoms. The molecule has 132 valence electrons. The number of nitrogens with zero attached hydrogens (tertiary/aromatic N) is 1. The molecule has 0 radical (unpaired) electrons. The van der Waals surface area contributed by atoms with E-state index in [1.807, 2.05) is 0 Å². The zero-order chi connectivity index (χ0) is 18.4. The first-order valence-electron chi connectivity index (χ1n) is 7.09. The summed E-state index contributed by atoms with van der Waals surface area (Å²) < 4.78 is 24.6. The summed E-state index contributed by atoms with van der Waals surface area (Å²) in [5.41, 5.74) is -0.354. The summed E-state index contributed by atoms with van der Waals surface area (Å²) in [6.45, 7) is 0.764. The number of ether oxygens (including phenoxy) is 2. The van der Waals surface area contributed by atoms with Crippen molar-refractivity contribution in [1.29, 1.82) is 0 Å². The van der Waals surface area contributed by atoms with Crippen LogP contribution in [-0.4, -0.2) is 31.2 Å². The number of anilines is 1. The van der Waals surface area contributed by atoms with Gasteiger partial charge in [0.15, 0.2) is 0 Å². The van der Waals surface area contributed by atoms with Gasteiger partial charge in [0.25, 0.3) is 11.6 Å². The lowest BCUT2D eigenvalue weighted by atomic mass is 10.2. The second kappa shape index (κ2) is 8.54. The Hall–Kier alpha value is -2.52. The molecular weight excluding hydrogens is 399 g/mol. The van der Waals surface area contributed by atoms with Gasteiger partial charge in [-0.1, -0.05) is 0 Å². The fourth-order valence-electron chi connectivity index (χ4n) is 1.91. The Morgan fingerprint density at radius 2 is 2.04 bits per heavy atom. The largest absolute Gasteiger partial charge is 0.490 e. The molecule has 0 bridgehead atoms. The van der Waals surface area contributed by atoms with Gasteiger partial charge in [0.1, 0.15) is 18.2 Å². The zero-order valence-electron chi connectivity index (χ0n) is 13.1. The SMILES string of the molecule is COCCOc1ccc(C(=O)Nc2cc([N+](=O)[O-])ccc2F)cc1Br. The van der Waals surface area contributed by atoms with Crippen LogP contribution < -0.4 is 10.1 Å². The quantitative estimate of drug-likeness (QED) is 0.424. The van der Waals surface area contributed by atoms with E-state index in [9.17, 15) is 19.3 Å². The number of hydrogen-bond donors (Lipinski definition) is 1. The van der Waals surface area contributed by atoms with Gasteiger partial charge >= 0.3 is 0 Å². The third kappa shape index (κ3) is 4.97. The van der Waals surface area contributed by atoms with Gasteiger partial charge < -0.3 is 14.8 Å². The minimum Gasteiger partial charge on any atom is -0.490 e. The number of benzene rings is 2. The van der Waals surface area contributed by atoms with Gasteiger partial charge in [0.2, 0.25) is 0 Å². The fraction of sp³-hybridized carbons (Fsp3) is 0.188. The number of methoxy groups -OCH3 is 1. The Morgan fingerprint density at radius 3 is 2.68 bits per heavy atom. The van der Waals surface area contributed by atoms with E-state index in [0.29, 0.717) is 23.4 Å². The molecule has 0 saturated heterocycles. The number of rotatable bonds is 7. The maximum atomic E-state index is 13.7. The van der Waals surface area contributed by atoms with Crippen LogP contribution in [0.1, 0.15) is 10.4 Å². The average Bonchev–Trinajstić information content (AvgIpc) is 2.58. The average molecular weight is 413 g/mol. The van der Waals surface area contributed by atoms with Crippen molar-refractivity contribution in [1.82, 2.24) is 0 Å². The van der Waals surface area contributed by atoms with E-state index in [1.165, 1.54) is 12.1 Å². The number of carbonyl (C=O) groups excluding carboxylic acids is 1. The molecule has 0 unspecified atom stereocenters. The fourth-order valence-corrected chi connectivity index (χ4v) is 2.40. The lowest BCUT2D eigenvalue weighted by Gasteiger charge is -2.10. The van der Waals surface area contributed by atoms with Crippen LogP contribution in [0.3, 0.4) is 0 Å². The molecule has 0 heterocycles.